The van der Waals surface area contributed by atoms with Crippen LogP contribution in [0.15, 0.2) is 0 Å². The van der Waals surface area contributed by atoms with Gasteiger partial charge in [-0.15, -0.1) is 0 Å². The van der Waals surface area contributed by atoms with Crippen molar-refractivity contribution in [3.05, 3.63) is 0 Å². The van der Waals surface area contributed by atoms with Crippen LogP contribution in [-0.2, 0) is 4.74 Å². The molecule has 0 fully saturated rings. The summed E-state index contributed by atoms with van der Waals surface area (Å²) >= 11 is 0. The van der Waals surface area contributed by atoms with Crippen LogP contribution in [0.1, 0.15) is 52.9 Å². The normalized spacial score (nSPS) is 13.0. The maximum atomic E-state index is 5.67. The highest BCUT2D eigenvalue weighted by molar-refractivity contribution is 4.56. The van der Waals surface area contributed by atoms with Crippen LogP contribution in [0.3, 0.4) is 0 Å². The molecule has 1 atom stereocenters. The Bertz CT molecular complexity index is 117. The zero-order chi connectivity index (χ0) is 11.4. The quantitative estimate of drug-likeness (QED) is 0.534. The van der Waals surface area contributed by atoms with E-state index in [0.29, 0.717) is 0 Å². The lowest BCUT2D eigenvalue weighted by molar-refractivity contribution is 0.0958. The zero-order valence-electron chi connectivity index (χ0n) is 10.8. The molecule has 0 aliphatic rings. The van der Waals surface area contributed by atoms with Crippen LogP contribution in [0.5, 0.6) is 0 Å². The Balaban J connectivity index is 3.22. The van der Waals surface area contributed by atoms with Crippen molar-refractivity contribution in [3.63, 3.8) is 0 Å². The maximum absolute atomic E-state index is 5.67. The predicted octanol–water partition coefficient (Wildman–Crippen LogP) is 3.22. The van der Waals surface area contributed by atoms with E-state index in [4.69, 9.17) is 4.74 Å². The average Bonchev–Trinajstić information content (AvgIpc) is 2.27. The van der Waals surface area contributed by atoms with Crippen LogP contribution < -0.4 is 5.32 Å². The van der Waals surface area contributed by atoms with Gasteiger partial charge in [0.1, 0.15) is 0 Å². The summed E-state index contributed by atoms with van der Waals surface area (Å²) in [6.07, 6.45) is 6.43. The first-order valence-electron chi connectivity index (χ1n) is 6.63. The van der Waals surface area contributed by atoms with Crippen molar-refractivity contribution in [2.45, 2.75) is 52.9 Å². The summed E-state index contributed by atoms with van der Waals surface area (Å²) in [4.78, 5) is 0. The number of unbranched alkanes of at least 4 members (excludes halogenated alkanes) is 1. The molecule has 1 N–H and O–H groups in total. The molecule has 0 aliphatic carbocycles. The summed E-state index contributed by atoms with van der Waals surface area (Å²) < 4.78 is 5.67. The molecule has 0 amide bonds. The van der Waals surface area contributed by atoms with Gasteiger partial charge in [-0.05, 0) is 25.3 Å². The Hall–Kier alpha value is -0.0800. The van der Waals surface area contributed by atoms with E-state index in [-0.39, 0.29) is 0 Å². The van der Waals surface area contributed by atoms with Crippen LogP contribution >= 0.6 is 0 Å². The van der Waals surface area contributed by atoms with Gasteiger partial charge in [-0.25, -0.2) is 0 Å². The highest BCUT2D eigenvalue weighted by Crippen LogP contribution is 2.12. The van der Waals surface area contributed by atoms with E-state index in [1.54, 1.807) is 0 Å². The van der Waals surface area contributed by atoms with Gasteiger partial charge in [-0.2, -0.15) is 0 Å². The topological polar surface area (TPSA) is 21.3 Å². The minimum absolute atomic E-state index is 0.774. The molecule has 15 heavy (non-hydrogen) atoms. The minimum Gasteiger partial charge on any atom is -0.380 e. The molecule has 92 valence electrons. The molecular weight excluding hydrogens is 186 g/mol. The summed E-state index contributed by atoms with van der Waals surface area (Å²) in [7, 11) is 0. The lowest BCUT2D eigenvalue weighted by atomic mass is 10.0. The molecule has 0 rings (SSSR count). The first-order valence-corrected chi connectivity index (χ1v) is 6.63. The number of hydrogen-bond acceptors (Lipinski definition) is 2. The van der Waals surface area contributed by atoms with Gasteiger partial charge in [-0.3, -0.25) is 0 Å². The van der Waals surface area contributed by atoms with E-state index in [9.17, 15) is 0 Å². The lowest BCUT2D eigenvalue weighted by Crippen LogP contribution is -2.21. The highest BCUT2D eigenvalue weighted by Gasteiger charge is 2.05. The Morgan fingerprint density at radius 3 is 2.47 bits per heavy atom. The number of ether oxygens (including phenoxy) is 1. The first-order chi connectivity index (χ1) is 7.35. The number of hydrogen-bond donors (Lipinski definition) is 1. The molecule has 0 heterocycles. The van der Waals surface area contributed by atoms with Crippen LogP contribution in [0, 0.1) is 5.92 Å². The third kappa shape index (κ3) is 10.2. The predicted molar refractivity (Wildman–Crippen MR) is 67.3 cm³/mol. The van der Waals surface area contributed by atoms with Crippen LogP contribution in [0.4, 0.5) is 0 Å². The van der Waals surface area contributed by atoms with E-state index in [2.05, 4.69) is 26.1 Å². The monoisotopic (exact) mass is 215 g/mol. The number of nitrogens with one attached hydrogen (secondary N) is 1. The molecular formula is C13H29NO. The van der Waals surface area contributed by atoms with Gasteiger partial charge in [0.2, 0.25) is 0 Å². The van der Waals surface area contributed by atoms with Gasteiger partial charge < -0.3 is 10.1 Å². The molecule has 0 saturated heterocycles. The van der Waals surface area contributed by atoms with Crippen molar-refractivity contribution in [1.29, 1.82) is 0 Å². The minimum atomic E-state index is 0.774. The van der Waals surface area contributed by atoms with Gasteiger partial charge >= 0.3 is 0 Å². The molecule has 2 nitrogen and oxygen atoms in total. The summed E-state index contributed by atoms with van der Waals surface area (Å²) in [5.41, 5.74) is 0. The van der Waals surface area contributed by atoms with Crippen LogP contribution in [0.25, 0.3) is 0 Å². The van der Waals surface area contributed by atoms with E-state index >= 15 is 0 Å². The zero-order valence-corrected chi connectivity index (χ0v) is 10.8. The molecule has 0 aliphatic heterocycles. The summed E-state index contributed by atoms with van der Waals surface area (Å²) in [6, 6.07) is 0. The summed E-state index contributed by atoms with van der Waals surface area (Å²) in [5.74, 6) is 0.774. The van der Waals surface area contributed by atoms with Gasteiger partial charge in [0.15, 0.2) is 0 Å². The third-order valence-corrected chi connectivity index (χ3v) is 2.75. The highest BCUT2D eigenvalue weighted by atomic mass is 16.5. The second-order valence-corrected chi connectivity index (χ2v) is 4.24. The fourth-order valence-electron chi connectivity index (χ4n) is 1.59. The fraction of sp³-hybridized carbons (Fsp3) is 1.00. The third-order valence-electron chi connectivity index (χ3n) is 2.75. The van der Waals surface area contributed by atoms with E-state index in [0.717, 1.165) is 32.2 Å². The summed E-state index contributed by atoms with van der Waals surface area (Å²) in [6.45, 7) is 10.6. The van der Waals surface area contributed by atoms with Crippen molar-refractivity contribution in [2.24, 2.45) is 5.92 Å². The second-order valence-electron chi connectivity index (χ2n) is 4.24. The average molecular weight is 215 g/mol. The Labute approximate surface area is 95.8 Å². The molecule has 0 radical (unpaired) electrons. The van der Waals surface area contributed by atoms with Crippen LogP contribution in [0.2, 0.25) is 0 Å². The van der Waals surface area contributed by atoms with Gasteiger partial charge in [0.25, 0.3) is 0 Å². The molecule has 1 unspecified atom stereocenters. The van der Waals surface area contributed by atoms with Crippen LogP contribution in [-0.4, -0.2) is 26.3 Å². The van der Waals surface area contributed by atoms with Crippen molar-refractivity contribution in [2.75, 3.05) is 26.3 Å². The van der Waals surface area contributed by atoms with Crippen molar-refractivity contribution >= 4 is 0 Å². The Kier molecular flexibility index (Phi) is 11.9. The summed E-state index contributed by atoms with van der Waals surface area (Å²) in [5, 5.41) is 3.34. The second kappa shape index (κ2) is 12.0. The van der Waals surface area contributed by atoms with Gasteiger partial charge in [0, 0.05) is 13.2 Å². The SMILES string of the molecule is CCCCC(CC)COCCNCCC. The lowest BCUT2D eigenvalue weighted by Gasteiger charge is -2.14. The molecule has 0 bridgehead atoms. The van der Waals surface area contributed by atoms with Gasteiger partial charge in [0.05, 0.1) is 6.61 Å². The largest absolute Gasteiger partial charge is 0.380 e. The Morgan fingerprint density at radius 1 is 1.07 bits per heavy atom. The van der Waals surface area contributed by atoms with Gasteiger partial charge in [-0.1, -0.05) is 40.0 Å². The molecule has 0 saturated carbocycles. The van der Waals surface area contributed by atoms with Crippen molar-refractivity contribution in [1.82, 2.24) is 5.32 Å². The van der Waals surface area contributed by atoms with E-state index < -0.39 is 0 Å². The van der Waals surface area contributed by atoms with Crippen molar-refractivity contribution < 1.29 is 4.74 Å². The number of rotatable bonds is 11. The van der Waals surface area contributed by atoms with E-state index in [1.807, 2.05) is 0 Å². The molecule has 0 aromatic carbocycles. The van der Waals surface area contributed by atoms with E-state index in [1.165, 1.54) is 32.1 Å². The Morgan fingerprint density at radius 2 is 1.87 bits per heavy atom. The smallest absolute Gasteiger partial charge is 0.0591 e. The molecule has 0 spiro atoms. The molecule has 2 heteroatoms. The molecule has 0 aromatic rings. The standard InChI is InChI=1S/C13H29NO/c1-4-7-8-13(6-3)12-15-11-10-14-9-5-2/h13-14H,4-12H2,1-3H3. The molecule has 0 aromatic heterocycles. The maximum Gasteiger partial charge on any atom is 0.0591 e. The first kappa shape index (κ1) is 14.9. The fourth-order valence-corrected chi connectivity index (χ4v) is 1.59. The van der Waals surface area contributed by atoms with Crippen molar-refractivity contribution in [3.8, 4) is 0 Å².